The molecule has 1 aromatic heterocycles. The molecule has 0 bridgehead atoms. The lowest BCUT2D eigenvalue weighted by molar-refractivity contribution is 0.443. The second-order valence-corrected chi connectivity index (χ2v) is 7.89. The Bertz CT molecular complexity index is 1230. The van der Waals surface area contributed by atoms with Crippen molar-refractivity contribution in [2.45, 2.75) is 47.5 Å². The van der Waals surface area contributed by atoms with Gasteiger partial charge in [-0.1, -0.05) is 23.3 Å². The highest BCUT2D eigenvalue weighted by Crippen LogP contribution is 2.38. The van der Waals surface area contributed by atoms with Gasteiger partial charge in [-0.05, 0) is 59.1 Å². The Morgan fingerprint density at radius 3 is 2.00 bits per heavy atom. The normalized spacial score (nSPS) is 11.1. The summed E-state index contributed by atoms with van der Waals surface area (Å²) < 4.78 is 5.89. The standard InChI is InChI=1S/C24H26O5/c1-12(2)6-8-15-17(25)11-19-21(23(15)27)24(28)20-16(9-7-13(3)4)22(26)14(5)10-18(20)29-19/h6-7,10-11,25-27H,8-9H2,1-5H3. The number of phenols is 3. The fraction of sp³-hybridized carbons (Fsp3) is 0.292. The van der Waals surface area contributed by atoms with Crippen molar-refractivity contribution >= 4 is 21.9 Å². The van der Waals surface area contributed by atoms with Crippen LogP contribution in [0.1, 0.15) is 44.4 Å². The van der Waals surface area contributed by atoms with Crippen molar-refractivity contribution < 1.29 is 19.7 Å². The van der Waals surface area contributed by atoms with Gasteiger partial charge in [-0.15, -0.1) is 0 Å². The van der Waals surface area contributed by atoms with Crippen LogP contribution in [-0.2, 0) is 12.8 Å². The van der Waals surface area contributed by atoms with Gasteiger partial charge >= 0.3 is 0 Å². The Balaban J connectivity index is 2.43. The number of rotatable bonds is 4. The zero-order valence-corrected chi connectivity index (χ0v) is 17.4. The minimum atomic E-state index is -0.426. The van der Waals surface area contributed by atoms with Crippen molar-refractivity contribution in [3.63, 3.8) is 0 Å². The van der Waals surface area contributed by atoms with E-state index in [1.807, 2.05) is 39.8 Å². The highest BCUT2D eigenvalue weighted by Gasteiger charge is 2.21. The van der Waals surface area contributed by atoms with E-state index in [2.05, 4.69) is 0 Å². The Hall–Kier alpha value is -3.21. The number of hydrogen-bond donors (Lipinski definition) is 3. The Kier molecular flexibility index (Phi) is 5.42. The van der Waals surface area contributed by atoms with Gasteiger partial charge < -0.3 is 19.7 Å². The molecule has 29 heavy (non-hydrogen) atoms. The first-order valence-electron chi connectivity index (χ1n) is 9.54. The van der Waals surface area contributed by atoms with Gasteiger partial charge in [0.1, 0.15) is 33.8 Å². The molecule has 3 N–H and O–H groups in total. The fourth-order valence-electron chi connectivity index (χ4n) is 3.40. The van der Waals surface area contributed by atoms with E-state index in [4.69, 9.17) is 4.42 Å². The molecule has 0 aliphatic carbocycles. The summed E-state index contributed by atoms with van der Waals surface area (Å²) in [7, 11) is 0. The van der Waals surface area contributed by atoms with Gasteiger partial charge in [-0.2, -0.15) is 0 Å². The van der Waals surface area contributed by atoms with E-state index in [0.717, 1.165) is 11.1 Å². The number of aryl methyl sites for hydroxylation is 1. The van der Waals surface area contributed by atoms with Gasteiger partial charge in [0, 0.05) is 17.2 Å². The number of aromatic hydroxyl groups is 3. The predicted octanol–water partition coefficient (Wildman–Crippen LogP) is 5.39. The largest absolute Gasteiger partial charge is 0.507 e. The summed E-state index contributed by atoms with van der Waals surface area (Å²) in [4.78, 5) is 13.4. The van der Waals surface area contributed by atoms with E-state index in [0.29, 0.717) is 23.1 Å². The Labute approximate surface area is 169 Å². The zero-order valence-electron chi connectivity index (χ0n) is 17.4. The number of fused-ring (bicyclic) bond motifs is 2. The number of benzene rings is 2. The molecule has 3 aromatic rings. The number of allylic oxidation sites excluding steroid dienone is 4. The summed E-state index contributed by atoms with van der Waals surface area (Å²) >= 11 is 0. The van der Waals surface area contributed by atoms with Crippen LogP contribution in [0.15, 0.2) is 44.6 Å². The van der Waals surface area contributed by atoms with Crippen molar-refractivity contribution in [3.05, 3.63) is 62.3 Å². The summed E-state index contributed by atoms with van der Waals surface area (Å²) in [6.07, 6.45) is 4.44. The molecule has 0 aliphatic heterocycles. The van der Waals surface area contributed by atoms with Crippen LogP contribution < -0.4 is 5.43 Å². The van der Waals surface area contributed by atoms with Crippen LogP contribution in [0.5, 0.6) is 17.2 Å². The molecular weight excluding hydrogens is 368 g/mol. The molecule has 5 nitrogen and oxygen atoms in total. The van der Waals surface area contributed by atoms with E-state index in [1.165, 1.54) is 6.07 Å². The van der Waals surface area contributed by atoms with E-state index < -0.39 is 5.43 Å². The third kappa shape index (κ3) is 3.73. The highest BCUT2D eigenvalue weighted by molar-refractivity contribution is 5.97. The van der Waals surface area contributed by atoms with E-state index in [9.17, 15) is 20.1 Å². The minimum absolute atomic E-state index is 0.00848. The molecule has 5 heteroatoms. The van der Waals surface area contributed by atoms with Gasteiger partial charge in [0.25, 0.3) is 0 Å². The topological polar surface area (TPSA) is 90.9 Å². The molecule has 0 spiro atoms. The van der Waals surface area contributed by atoms with Crippen LogP contribution in [0, 0.1) is 6.92 Å². The Morgan fingerprint density at radius 1 is 0.862 bits per heavy atom. The molecule has 0 unspecified atom stereocenters. The molecule has 0 radical (unpaired) electrons. The van der Waals surface area contributed by atoms with Crippen molar-refractivity contribution in [1.82, 2.24) is 0 Å². The van der Waals surface area contributed by atoms with Gasteiger partial charge in [0.2, 0.25) is 5.43 Å². The SMILES string of the molecule is CC(C)=CCc1c(O)cc2oc3cc(C)c(O)c(CC=C(C)C)c3c(=O)c2c1O. The summed E-state index contributed by atoms with van der Waals surface area (Å²) in [5.74, 6) is -0.374. The first kappa shape index (κ1) is 20.5. The molecule has 0 atom stereocenters. The molecule has 2 aromatic carbocycles. The fourth-order valence-corrected chi connectivity index (χ4v) is 3.40. The van der Waals surface area contributed by atoms with Gasteiger partial charge in [0.15, 0.2) is 0 Å². The summed E-state index contributed by atoms with van der Waals surface area (Å²) in [5, 5.41) is 32.0. The third-order valence-electron chi connectivity index (χ3n) is 5.00. The molecule has 0 aliphatic rings. The van der Waals surface area contributed by atoms with Crippen molar-refractivity contribution in [3.8, 4) is 17.2 Å². The van der Waals surface area contributed by atoms with E-state index in [-0.39, 0.29) is 45.6 Å². The van der Waals surface area contributed by atoms with Crippen molar-refractivity contribution in [2.75, 3.05) is 0 Å². The van der Waals surface area contributed by atoms with Crippen LogP contribution in [0.3, 0.4) is 0 Å². The van der Waals surface area contributed by atoms with Crippen LogP contribution in [0.4, 0.5) is 0 Å². The average molecular weight is 394 g/mol. The van der Waals surface area contributed by atoms with Crippen molar-refractivity contribution in [1.29, 1.82) is 0 Å². The lowest BCUT2D eigenvalue weighted by Crippen LogP contribution is -2.07. The quantitative estimate of drug-likeness (QED) is 0.408. The monoisotopic (exact) mass is 394 g/mol. The minimum Gasteiger partial charge on any atom is -0.507 e. The predicted molar refractivity (Wildman–Crippen MR) is 116 cm³/mol. The molecule has 0 saturated heterocycles. The first-order chi connectivity index (χ1) is 13.6. The maximum atomic E-state index is 13.4. The highest BCUT2D eigenvalue weighted by atomic mass is 16.3. The molecular formula is C24H26O5. The average Bonchev–Trinajstić information content (AvgIpc) is 2.61. The van der Waals surface area contributed by atoms with E-state index >= 15 is 0 Å². The number of hydrogen-bond acceptors (Lipinski definition) is 5. The summed E-state index contributed by atoms with van der Waals surface area (Å²) in [5.41, 5.74) is 3.40. The van der Waals surface area contributed by atoms with Crippen LogP contribution >= 0.6 is 0 Å². The molecule has 152 valence electrons. The lowest BCUT2D eigenvalue weighted by Gasteiger charge is -2.13. The van der Waals surface area contributed by atoms with Crippen LogP contribution in [0.2, 0.25) is 0 Å². The molecule has 1 heterocycles. The summed E-state index contributed by atoms with van der Waals surface area (Å²) in [6.45, 7) is 9.45. The van der Waals surface area contributed by atoms with Gasteiger partial charge in [0.05, 0.1) is 5.39 Å². The van der Waals surface area contributed by atoms with Gasteiger partial charge in [-0.25, -0.2) is 0 Å². The second kappa shape index (κ2) is 7.66. The maximum Gasteiger partial charge on any atom is 0.204 e. The zero-order chi connectivity index (χ0) is 21.5. The maximum absolute atomic E-state index is 13.4. The molecule has 0 fully saturated rings. The first-order valence-corrected chi connectivity index (χ1v) is 9.54. The van der Waals surface area contributed by atoms with Crippen LogP contribution in [0.25, 0.3) is 21.9 Å². The Morgan fingerprint density at radius 2 is 1.41 bits per heavy atom. The van der Waals surface area contributed by atoms with E-state index in [1.54, 1.807) is 13.0 Å². The molecule has 3 rings (SSSR count). The molecule has 0 saturated carbocycles. The summed E-state index contributed by atoms with van der Waals surface area (Å²) in [6, 6.07) is 2.96. The van der Waals surface area contributed by atoms with Gasteiger partial charge in [-0.3, -0.25) is 4.79 Å². The molecule has 0 amide bonds. The number of phenolic OH excluding ortho intramolecular Hbond substituents is 3. The lowest BCUT2D eigenvalue weighted by atomic mass is 9.97. The van der Waals surface area contributed by atoms with Crippen molar-refractivity contribution in [2.24, 2.45) is 0 Å². The third-order valence-corrected chi connectivity index (χ3v) is 5.00. The smallest absolute Gasteiger partial charge is 0.204 e. The second-order valence-electron chi connectivity index (χ2n) is 7.89. The van der Waals surface area contributed by atoms with Crippen LogP contribution in [-0.4, -0.2) is 15.3 Å².